The molecule has 1 unspecified atom stereocenters. The summed E-state index contributed by atoms with van der Waals surface area (Å²) in [6.07, 6.45) is -24.4. The molecule has 1 rings (SSSR count). The Labute approximate surface area is 152 Å². The topological polar surface area (TPSA) is 93.1 Å². The van der Waals surface area contributed by atoms with E-state index in [1.165, 1.54) is 0 Å². The van der Waals surface area contributed by atoms with Crippen LogP contribution < -0.4 is 4.74 Å². The lowest BCUT2D eigenvalue weighted by molar-refractivity contribution is -0.460. The molecule has 0 radical (unpaired) electrons. The molecule has 16 heteroatoms. The molecular weight excluding hydrogens is 442 g/mol. The number of alkyl halides is 10. The van der Waals surface area contributed by atoms with E-state index in [1.54, 1.807) is 0 Å². The highest BCUT2D eigenvalue weighted by Crippen LogP contribution is 2.48. The predicted octanol–water partition coefficient (Wildman–Crippen LogP) is 4.16. The van der Waals surface area contributed by atoms with Crippen molar-refractivity contribution >= 4 is 11.9 Å². The fourth-order valence-electron chi connectivity index (χ4n) is 1.55. The van der Waals surface area contributed by atoms with E-state index in [9.17, 15) is 53.5 Å². The van der Waals surface area contributed by atoms with E-state index in [0.29, 0.717) is 6.07 Å². The van der Waals surface area contributed by atoms with Crippen LogP contribution in [0.1, 0.15) is 20.7 Å². The van der Waals surface area contributed by atoms with Gasteiger partial charge in [0.2, 0.25) is 0 Å². The number of carboxylic acid groups (broad SMARTS) is 2. The van der Waals surface area contributed by atoms with E-state index in [0.717, 1.165) is 0 Å². The van der Waals surface area contributed by atoms with Gasteiger partial charge >= 0.3 is 42.6 Å². The molecule has 6 nitrogen and oxygen atoms in total. The number of rotatable bonds is 8. The average Bonchev–Trinajstić information content (AvgIpc) is 2.52. The van der Waals surface area contributed by atoms with Crippen LogP contribution in [0.4, 0.5) is 43.9 Å². The van der Waals surface area contributed by atoms with Crippen molar-refractivity contribution in [1.29, 1.82) is 0 Å². The number of aromatic carboxylic acids is 2. The van der Waals surface area contributed by atoms with Gasteiger partial charge in [0.1, 0.15) is 5.75 Å². The summed E-state index contributed by atoms with van der Waals surface area (Å²) in [4.78, 5) is 21.6. The van der Waals surface area contributed by atoms with Crippen molar-refractivity contribution in [3.8, 4) is 5.75 Å². The van der Waals surface area contributed by atoms with Crippen molar-refractivity contribution in [3.05, 3.63) is 29.3 Å². The van der Waals surface area contributed by atoms with Crippen molar-refractivity contribution in [2.24, 2.45) is 0 Å². The summed E-state index contributed by atoms with van der Waals surface area (Å²) < 4.78 is 133. The molecule has 0 amide bonds. The molecule has 0 heterocycles. The van der Waals surface area contributed by atoms with E-state index in [1.807, 2.05) is 0 Å². The highest BCUT2D eigenvalue weighted by atomic mass is 19.4. The maximum absolute atomic E-state index is 13.5. The van der Waals surface area contributed by atoms with Crippen molar-refractivity contribution in [2.45, 2.75) is 30.7 Å². The molecule has 0 aromatic heterocycles. The Balaban J connectivity index is 3.17. The summed E-state index contributed by atoms with van der Waals surface area (Å²) in [5.74, 6) is -12.3. The molecule has 1 atom stereocenters. The Bertz CT molecular complexity index is 759. The molecule has 0 spiro atoms. The minimum atomic E-state index is -7.07. The maximum atomic E-state index is 13.5. The number of carbonyl (C=O) groups is 2. The van der Waals surface area contributed by atoms with Crippen LogP contribution in [0.3, 0.4) is 0 Å². The summed E-state index contributed by atoms with van der Waals surface area (Å²) >= 11 is 0. The zero-order valence-corrected chi connectivity index (χ0v) is 13.1. The number of ether oxygens (including phenoxy) is 2. The summed E-state index contributed by atoms with van der Waals surface area (Å²) in [7, 11) is 0. The molecule has 29 heavy (non-hydrogen) atoms. The lowest BCUT2D eigenvalue weighted by Crippen LogP contribution is -2.56. The molecule has 0 aliphatic carbocycles. The van der Waals surface area contributed by atoms with E-state index in [-0.39, 0.29) is 12.1 Å². The monoisotopic (exact) mass is 448 g/mol. The number of hydrogen-bond acceptors (Lipinski definition) is 4. The standard InChI is InChI=1S/C13H6F10O6/c14-9(29-13(22,23)11(17,18)12(19,20)21)10(15,16)28-6-2-4(7(24)25)1-5(3-6)8(26)27/h1-3,9H,(H,24,25)(H,26,27). The van der Waals surface area contributed by atoms with Crippen LogP contribution in [0.15, 0.2) is 18.2 Å². The molecule has 0 saturated heterocycles. The second-order valence-electron chi connectivity index (χ2n) is 5.04. The Morgan fingerprint density at radius 3 is 1.59 bits per heavy atom. The molecule has 164 valence electrons. The highest BCUT2D eigenvalue weighted by Gasteiger charge is 2.76. The maximum Gasteiger partial charge on any atom is 0.462 e. The lowest BCUT2D eigenvalue weighted by atomic mass is 10.1. The van der Waals surface area contributed by atoms with Gasteiger partial charge in [-0.25, -0.2) is 14.0 Å². The average molecular weight is 448 g/mol. The van der Waals surface area contributed by atoms with Crippen LogP contribution in [-0.4, -0.2) is 52.8 Å². The molecule has 1 aromatic carbocycles. The number of halogens is 10. The van der Waals surface area contributed by atoms with Crippen molar-refractivity contribution < 1.29 is 73.2 Å². The summed E-state index contributed by atoms with van der Waals surface area (Å²) in [6, 6.07) is 0.757. The molecule has 1 aromatic rings. The predicted molar refractivity (Wildman–Crippen MR) is 67.9 cm³/mol. The van der Waals surface area contributed by atoms with Crippen LogP contribution >= 0.6 is 0 Å². The van der Waals surface area contributed by atoms with Crippen LogP contribution in [0.2, 0.25) is 0 Å². The van der Waals surface area contributed by atoms with Gasteiger partial charge in [0.15, 0.2) is 0 Å². The quantitative estimate of drug-likeness (QED) is 0.581. The number of benzene rings is 1. The molecule has 0 bridgehead atoms. The third-order valence-electron chi connectivity index (χ3n) is 2.89. The normalized spacial score (nSPS) is 14.4. The second-order valence-corrected chi connectivity index (χ2v) is 5.04. The van der Waals surface area contributed by atoms with E-state index < -0.39 is 59.5 Å². The largest absolute Gasteiger partial charge is 0.478 e. The number of carboxylic acids is 2. The molecule has 0 aliphatic rings. The summed E-state index contributed by atoms with van der Waals surface area (Å²) in [5.41, 5.74) is -2.03. The molecule has 2 N–H and O–H groups in total. The zero-order chi connectivity index (χ0) is 23.0. The van der Waals surface area contributed by atoms with Gasteiger partial charge in [0.25, 0.3) is 0 Å². The third-order valence-corrected chi connectivity index (χ3v) is 2.89. The third kappa shape index (κ3) is 5.18. The first-order chi connectivity index (χ1) is 12.8. The minimum absolute atomic E-state index is 0.165. The van der Waals surface area contributed by atoms with E-state index >= 15 is 0 Å². The number of hydrogen-bond donors (Lipinski definition) is 2. The molecule has 0 saturated carbocycles. The van der Waals surface area contributed by atoms with E-state index in [2.05, 4.69) is 9.47 Å². The Hall–Kier alpha value is -2.78. The molecule has 0 fully saturated rings. The van der Waals surface area contributed by atoms with Gasteiger partial charge in [-0.2, -0.15) is 39.5 Å². The first-order valence-electron chi connectivity index (χ1n) is 6.64. The van der Waals surface area contributed by atoms with Gasteiger partial charge in [-0.15, -0.1) is 0 Å². The second kappa shape index (κ2) is 7.57. The van der Waals surface area contributed by atoms with Gasteiger partial charge in [0.05, 0.1) is 11.1 Å². The Kier molecular flexibility index (Phi) is 6.33. The van der Waals surface area contributed by atoms with Crippen LogP contribution in [0.25, 0.3) is 0 Å². The fourth-order valence-corrected chi connectivity index (χ4v) is 1.55. The summed E-state index contributed by atoms with van der Waals surface area (Å²) in [6.45, 7) is 0. The Morgan fingerprint density at radius 1 is 0.828 bits per heavy atom. The lowest BCUT2D eigenvalue weighted by Gasteiger charge is -2.30. The smallest absolute Gasteiger partial charge is 0.462 e. The van der Waals surface area contributed by atoms with Gasteiger partial charge in [-0.05, 0) is 18.2 Å². The summed E-state index contributed by atoms with van der Waals surface area (Å²) in [5, 5.41) is 17.4. The van der Waals surface area contributed by atoms with Crippen LogP contribution in [0.5, 0.6) is 5.75 Å². The van der Waals surface area contributed by atoms with Gasteiger partial charge in [-0.1, -0.05) is 0 Å². The molecular formula is C13H6F10O6. The van der Waals surface area contributed by atoms with E-state index in [4.69, 9.17) is 10.2 Å². The first kappa shape index (κ1) is 24.3. The Morgan fingerprint density at radius 2 is 1.24 bits per heavy atom. The van der Waals surface area contributed by atoms with Crippen molar-refractivity contribution in [3.63, 3.8) is 0 Å². The molecule has 0 aliphatic heterocycles. The minimum Gasteiger partial charge on any atom is -0.478 e. The van der Waals surface area contributed by atoms with Crippen LogP contribution in [0, 0.1) is 0 Å². The zero-order valence-electron chi connectivity index (χ0n) is 13.1. The fraction of sp³-hybridized carbons (Fsp3) is 0.385. The van der Waals surface area contributed by atoms with Crippen molar-refractivity contribution in [2.75, 3.05) is 0 Å². The van der Waals surface area contributed by atoms with Crippen molar-refractivity contribution in [1.82, 2.24) is 0 Å². The van der Waals surface area contributed by atoms with Crippen LogP contribution in [-0.2, 0) is 4.74 Å². The highest BCUT2D eigenvalue weighted by molar-refractivity contribution is 5.94. The van der Waals surface area contributed by atoms with Gasteiger partial charge in [-0.3, -0.25) is 4.74 Å². The first-order valence-corrected chi connectivity index (χ1v) is 6.64. The van der Waals surface area contributed by atoms with Gasteiger partial charge < -0.3 is 14.9 Å². The SMILES string of the molecule is O=C(O)c1cc(OC(F)(F)C(F)OC(F)(F)C(F)(F)C(F)(F)F)cc(C(=O)O)c1. The van der Waals surface area contributed by atoms with Gasteiger partial charge in [0, 0.05) is 0 Å².